The Kier molecular flexibility index (Phi) is 6.20. The highest BCUT2D eigenvalue weighted by molar-refractivity contribution is 7.80. The van der Waals surface area contributed by atoms with Crippen molar-refractivity contribution < 1.29 is 23.2 Å². The van der Waals surface area contributed by atoms with Gasteiger partial charge < -0.3 is 13.6 Å². The van der Waals surface area contributed by atoms with Crippen LogP contribution in [0.15, 0.2) is 0 Å². The van der Waals surface area contributed by atoms with Crippen molar-refractivity contribution in [2.75, 3.05) is 6.61 Å². The van der Waals surface area contributed by atoms with Gasteiger partial charge in [0.15, 0.2) is 5.05 Å². The molecule has 0 saturated heterocycles. The fourth-order valence-corrected chi connectivity index (χ4v) is 4.11. The molecular weight excluding hydrogens is 248 g/mol. The smallest absolute Gasteiger partial charge is 0.469 e. The van der Waals surface area contributed by atoms with Crippen molar-refractivity contribution >= 4 is 37.8 Å². The van der Waals surface area contributed by atoms with Gasteiger partial charge in [-0.25, -0.2) is 0 Å². The lowest BCUT2D eigenvalue weighted by Crippen LogP contribution is -2.43. The Balaban J connectivity index is 4.58. The second-order valence-electron chi connectivity index (χ2n) is 3.30. The van der Waals surface area contributed by atoms with Crippen LogP contribution in [0.3, 0.4) is 0 Å². The molecule has 0 N–H and O–H groups in total. The van der Waals surface area contributed by atoms with E-state index in [4.69, 9.17) is 25.8 Å². The summed E-state index contributed by atoms with van der Waals surface area (Å²) in [5, 5.41) is 0.291. The maximum absolute atomic E-state index is 10.9. The molecule has 0 heterocycles. The highest BCUT2D eigenvalue weighted by atomic mass is 32.1. The van der Waals surface area contributed by atoms with Crippen molar-refractivity contribution in [3.63, 3.8) is 0 Å². The van der Waals surface area contributed by atoms with E-state index in [2.05, 4.69) is 0 Å². The van der Waals surface area contributed by atoms with Crippen molar-refractivity contribution in [3.05, 3.63) is 0 Å². The molecule has 5 nitrogen and oxygen atoms in total. The number of hydrogen-bond acceptors (Lipinski definition) is 6. The summed E-state index contributed by atoms with van der Waals surface area (Å²) in [4.78, 5) is 21.8. The second kappa shape index (κ2) is 6.59. The predicted octanol–water partition coefficient (Wildman–Crippen LogP) is 1.55. The molecule has 0 fully saturated rings. The first-order valence-corrected chi connectivity index (χ1v) is 7.77. The molecule has 0 aliphatic heterocycles. The van der Waals surface area contributed by atoms with Crippen LogP contribution >= 0.6 is 12.2 Å². The number of thiocarbonyl (C=S) groups is 1. The predicted molar refractivity (Wildman–Crippen MR) is 64.2 cm³/mol. The molecule has 0 aromatic heterocycles. The van der Waals surface area contributed by atoms with Crippen LogP contribution in [0.2, 0.25) is 12.6 Å². The maximum atomic E-state index is 10.9. The van der Waals surface area contributed by atoms with E-state index in [0.717, 1.165) is 0 Å². The minimum atomic E-state index is -2.94. The Hall–Kier alpha value is -0.953. The Morgan fingerprint density at radius 2 is 1.62 bits per heavy atom. The molecule has 7 heteroatoms. The number of hydrogen-bond donors (Lipinski definition) is 0. The van der Waals surface area contributed by atoms with Gasteiger partial charge in [-0.15, -0.1) is 0 Å². The molecule has 16 heavy (non-hydrogen) atoms. The second-order valence-corrected chi connectivity index (χ2v) is 6.79. The normalized spacial score (nSPS) is 10.5. The van der Waals surface area contributed by atoms with Gasteiger partial charge in [-0.1, -0.05) is 0 Å². The van der Waals surface area contributed by atoms with E-state index >= 15 is 0 Å². The van der Waals surface area contributed by atoms with Crippen LogP contribution in [-0.2, 0) is 23.2 Å². The van der Waals surface area contributed by atoms with Gasteiger partial charge in [0.05, 0.1) is 12.7 Å². The monoisotopic (exact) mass is 264 g/mol. The van der Waals surface area contributed by atoms with Crippen LogP contribution < -0.4 is 0 Å². The quantitative estimate of drug-likeness (QED) is 0.554. The summed E-state index contributed by atoms with van der Waals surface area (Å²) in [6.45, 7) is 6.35. The summed E-state index contributed by atoms with van der Waals surface area (Å²) in [6, 6.07) is 0.176. The lowest BCUT2D eigenvalue weighted by Gasteiger charge is -2.24. The Bertz CT molecular complexity index is 276. The van der Waals surface area contributed by atoms with E-state index < -0.39 is 20.5 Å². The summed E-state index contributed by atoms with van der Waals surface area (Å²) in [5.74, 6) is -0.982. The molecule has 0 spiro atoms. The molecule has 92 valence electrons. The Labute approximate surface area is 101 Å². The van der Waals surface area contributed by atoms with E-state index in [0.29, 0.717) is 11.7 Å². The molecule has 0 rings (SSSR count). The first kappa shape index (κ1) is 15.0. The van der Waals surface area contributed by atoms with E-state index in [1.54, 1.807) is 13.5 Å². The zero-order valence-corrected chi connectivity index (χ0v) is 11.7. The van der Waals surface area contributed by atoms with Crippen LogP contribution in [0.1, 0.15) is 20.8 Å². The molecule has 0 aromatic rings. The third-order valence-electron chi connectivity index (χ3n) is 1.49. The molecule has 0 amide bonds. The molecule has 0 unspecified atom stereocenters. The third kappa shape index (κ3) is 6.52. The van der Waals surface area contributed by atoms with Gasteiger partial charge in [-0.3, -0.25) is 9.59 Å². The largest absolute Gasteiger partial charge is 0.487 e. The lowest BCUT2D eigenvalue weighted by molar-refractivity contribution is -0.138. The molecule has 0 bridgehead atoms. The van der Waals surface area contributed by atoms with E-state index in [1.165, 1.54) is 13.8 Å². The van der Waals surface area contributed by atoms with Crippen molar-refractivity contribution in [2.24, 2.45) is 0 Å². The van der Waals surface area contributed by atoms with E-state index in [1.807, 2.05) is 0 Å². The highest BCUT2D eigenvalue weighted by Gasteiger charge is 2.40. The van der Waals surface area contributed by atoms with E-state index in [9.17, 15) is 9.59 Å². The van der Waals surface area contributed by atoms with Crippen LogP contribution in [0.5, 0.6) is 0 Å². The average Bonchev–Trinajstić information content (AvgIpc) is 1.98. The summed E-state index contributed by atoms with van der Waals surface area (Å²) >= 11 is 4.94. The van der Waals surface area contributed by atoms with Crippen LogP contribution in [-0.4, -0.2) is 32.2 Å². The minimum Gasteiger partial charge on any atom is -0.487 e. The SMILES string of the molecule is CCOC(=S)C[Si](C)(OC(C)=O)OC(C)=O. The van der Waals surface area contributed by atoms with Gasteiger partial charge in [-0.05, 0) is 19.1 Å². The molecule has 0 aliphatic rings. The molecule has 0 aromatic carbocycles. The fraction of sp³-hybridized carbons (Fsp3) is 0.667. The highest BCUT2D eigenvalue weighted by Crippen LogP contribution is 2.16. The first-order chi connectivity index (χ1) is 7.29. The van der Waals surface area contributed by atoms with Gasteiger partial charge in [0, 0.05) is 20.4 Å². The fourth-order valence-electron chi connectivity index (χ4n) is 1.18. The van der Waals surface area contributed by atoms with Gasteiger partial charge >= 0.3 is 8.56 Å². The number of ether oxygens (including phenoxy) is 1. The molecule has 0 radical (unpaired) electrons. The molecule has 0 atom stereocenters. The van der Waals surface area contributed by atoms with Crippen LogP contribution in [0.4, 0.5) is 0 Å². The summed E-state index contributed by atoms with van der Waals surface area (Å²) in [7, 11) is -2.94. The zero-order chi connectivity index (χ0) is 12.8. The van der Waals surface area contributed by atoms with Gasteiger partial charge in [0.25, 0.3) is 11.9 Å². The van der Waals surface area contributed by atoms with Gasteiger partial charge in [0.1, 0.15) is 0 Å². The van der Waals surface area contributed by atoms with Crippen molar-refractivity contribution in [1.29, 1.82) is 0 Å². The standard InChI is InChI=1S/C9H16O5SSi/c1-5-12-9(15)6-16(4,13-7(2)10)14-8(3)11/h5-6H2,1-4H3. The third-order valence-corrected chi connectivity index (χ3v) is 4.41. The molecular formula is C9H16O5SSi. The van der Waals surface area contributed by atoms with Gasteiger partial charge in [-0.2, -0.15) is 0 Å². The number of carbonyl (C=O) groups is 2. The summed E-state index contributed by atoms with van der Waals surface area (Å²) in [6.07, 6.45) is 0. The topological polar surface area (TPSA) is 61.8 Å². The van der Waals surface area contributed by atoms with Crippen LogP contribution in [0, 0.1) is 0 Å². The van der Waals surface area contributed by atoms with Crippen molar-refractivity contribution in [3.8, 4) is 0 Å². The lowest BCUT2D eigenvalue weighted by atomic mass is 10.8. The Morgan fingerprint density at radius 3 is 1.94 bits per heavy atom. The Morgan fingerprint density at radius 1 is 1.19 bits per heavy atom. The van der Waals surface area contributed by atoms with Crippen LogP contribution in [0.25, 0.3) is 0 Å². The van der Waals surface area contributed by atoms with Crippen molar-refractivity contribution in [2.45, 2.75) is 33.4 Å². The minimum absolute atomic E-state index is 0.176. The van der Waals surface area contributed by atoms with Crippen molar-refractivity contribution in [1.82, 2.24) is 0 Å². The summed E-state index contributed by atoms with van der Waals surface area (Å²) in [5.41, 5.74) is 0. The average molecular weight is 264 g/mol. The summed E-state index contributed by atoms with van der Waals surface area (Å²) < 4.78 is 15.2. The molecule has 0 saturated carbocycles. The van der Waals surface area contributed by atoms with E-state index in [-0.39, 0.29) is 6.04 Å². The zero-order valence-electron chi connectivity index (χ0n) is 9.86. The number of rotatable bonds is 5. The van der Waals surface area contributed by atoms with Gasteiger partial charge in [0.2, 0.25) is 0 Å². The number of carbonyl (C=O) groups excluding carboxylic acids is 2. The first-order valence-electron chi connectivity index (χ1n) is 4.84. The maximum Gasteiger partial charge on any atom is 0.469 e. The molecule has 0 aliphatic carbocycles.